The number of hydrogen-bond donors (Lipinski definition) is 0. The van der Waals surface area contributed by atoms with E-state index in [1.54, 1.807) is 6.20 Å². The minimum Gasteiger partial charge on any atom is -0.491 e. The van der Waals surface area contributed by atoms with Crippen molar-refractivity contribution in [2.24, 2.45) is 0 Å². The summed E-state index contributed by atoms with van der Waals surface area (Å²) in [5.74, 6) is -2.15. The Balaban J connectivity index is 1.57. The van der Waals surface area contributed by atoms with Crippen LogP contribution in [0.2, 0.25) is 0 Å². The molecule has 11 heteroatoms. The number of H-pyrrole nitrogens is 1. The van der Waals surface area contributed by atoms with Crippen LogP contribution < -0.4 is 15.4 Å². The number of hydrogen-bond acceptors (Lipinski definition) is 6. The molecule has 1 aromatic carbocycles. The van der Waals surface area contributed by atoms with Crippen LogP contribution in [-0.2, 0) is 17.8 Å². The maximum atomic E-state index is 14.3. The molecule has 4 heterocycles. The molecule has 9 nitrogen and oxygen atoms in total. The number of aromatic nitrogens is 5. The lowest BCUT2D eigenvalue weighted by atomic mass is 10.1. The summed E-state index contributed by atoms with van der Waals surface area (Å²) < 4.78 is 41.7. The fourth-order valence-electron chi connectivity index (χ4n) is 4.68. The fourth-order valence-corrected chi connectivity index (χ4v) is 4.68. The molecule has 1 aliphatic rings. The van der Waals surface area contributed by atoms with Crippen LogP contribution in [0.25, 0.3) is 16.7 Å². The predicted octanol–water partition coefficient (Wildman–Crippen LogP) is 1.80. The first-order chi connectivity index (χ1) is 16.3. The number of aromatic amines is 1. The van der Waals surface area contributed by atoms with Crippen molar-refractivity contribution in [2.75, 3.05) is 20.2 Å². The van der Waals surface area contributed by atoms with Crippen LogP contribution in [0.3, 0.4) is 0 Å². The normalized spacial score (nSPS) is 19.2. The van der Waals surface area contributed by atoms with E-state index >= 15 is 0 Å². The fraction of sp³-hybridized carbons (Fsp3) is 0.391. The summed E-state index contributed by atoms with van der Waals surface area (Å²) in [4.78, 5) is 23.0. The molecule has 0 unspecified atom stereocenters. The van der Waals surface area contributed by atoms with Gasteiger partial charge < -0.3 is 9.47 Å². The molecular weight excluding hydrogens is 446 g/mol. The molecule has 0 aliphatic carbocycles. The summed E-state index contributed by atoms with van der Waals surface area (Å²) >= 11 is 0. The number of methoxy groups -OCH3 is 1. The van der Waals surface area contributed by atoms with Gasteiger partial charge in [-0.2, -0.15) is 0 Å². The van der Waals surface area contributed by atoms with Crippen molar-refractivity contribution >= 4 is 16.7 Å². The highest BCUT2D eigenvalue weighted by atomic mass is 19.1. The summed E-state index contributed by atoms with van der Waals surface area (Å²) in [6.45, 7) is 6.31. The third kappa shape index (κ3) is 4.01. The van der Waals surface area contributed by atoms with Gasteiger partial charge in [-0.05, 0) is 47.7 Å². The average molecular weight is 471 g/mol. The number of nitrogens with zero attached hydrogens (tertiary/aromatic N) is 5. The van der Waals surface area contributed by atoms with Crippen molar-refractivity contribution in [1.82, 2.24) is 24.1 Å². The third-order valence-electron chi connectivity index (χ3n) is 5.94. The molecule has 1 N–H and O–H groups in total. The Morgan fingerprint density at radius 1 is 1.12 bits per heavy atom. The highest BCUT2D eigenvalue weighted by Gasteiger charge is 2.24. The van der Waals surface area contributed by atoms with Crippen LogP contribution in [0.15, 0.2) is 35.5 Å². The van der Waals surface area contributed by atoms with Gasteiger partial charge in [0, 0.05) is 30.9 Å². The van der Waals surface area contributed by atoms with Gasteiger partial charge in [0.25, 0.3) is 12.0 Å². The lowest BCUT2D eigenvalue weighted by molar-refractivity contribution is -0.345. The number of halogens is 2. The Kier molecular flexibility index (Phi) is 5.74. The lowest BCUT2D eigenvalue weighted by Crippen LogP contribution is -2.44. The van der Waals surface area contributed by atoms with Gasteiger partial charge in [0.05, 0.1) is 31.2 Å². The molecular formula is C23H25F2N6O3+. The number of nitrogens with one attached hydrogen (secondary N) is 1. The Morgan fingerprint density at radius 2 is 1.82 bits per heavy atom. The Hall–Kier alpha value is -3.44. The molecule has 2 atom stereocenters. The second-order valence-electron chi connectivity index (χ2n) is 8.68. The first-order valence-corrected chi connectivity index (χ1v) is 11.0. The molecule has 1 aliphatic heterocycles. The number of rotatable bonds is 5. The topological polar surface area (TPSA) is 88.0 Å². The molecule has 1 saturated heterocycles. The van der Waals surface area contributed by atoms with Crippen LogP contribution in [0.1, 0.15) is 25.0 Å². The van der Waals surface area contributed by atoms with Crippen LogP contribution in [0, 0.1) is 11.6 Å². The minimum atomic E-state index is -0.840. The molecule has 0 saturated carbocycles. The summed E-state index contributed by atoms with van der Waals surface area (Å²) in [5.41, 5.74) is 1.64. The first-order valence-electron chi connectivity index (χ1n) is 11.0. The number of pyridine rings is 1. The summed E-state index contributed by atoms with van der Waals surface area (Å²) in [6.07, 6.45) is 3.43. The highest BCUT2D eigenvalue weighted by Crippen LogP contribution is 2.24. The second-order valence-corrected chi connectivity index (χ2v) is 8.68. The number of morpholine rings is 1. The van der Waals surface area contributed by atoms with E-state index in [0.717, 1.165) is 30.8 Å². The molecule has 0 bridgehead atoms. The number of fused-ring (bicyclic) bond motifs is 3. The zero-order valence-electron chi connectivity index (χ0n) is 19.1. The van der Waals surface area contributed by atoms with Crippen LogP contribution >= 0.6 is 0 Å². The molecule has 34 heavy (non-hydrogen) atoms. The molecule has 4 aromatic rings. The summed E-state index contributed by atoms with van der Waals surface area (Å²) in [5, 5.41) is 4.78. The van der Waals surface area contributed by atoms with Gasteiger partial charge in [0.15, 0.2) is 23.0 Å². The quantitative estimate of drug-likeness (QED) is 0.441. The van der Waals surface area contributed by atoms with Crippen LogP contribution in [0.5, 0.6) is 5.75 Å². The molecule has 0 amide bonds. The SMILES string of the molecule is COc1c(F)cc(Cn2c(=O)n3nc[nH+]c3c3cc(CN4C[C@@H](C)O[C@@H](C)C4)cnc32)cc1F. The lowest BCUT2D eigenvalue weighted by Gasteiger charge is -2.35. The molecule has 0 radical (unpaired) electrons. The van der Waals surface area contributed by atoms with Crippen molar-refractivity contribution in [3.63, 3.8) is 0 Å². The Bertz CT molecular complexity index is 1400. The summed E-state index contributed by atoms with van der Waals surface area (Å²) in [6, 6.07) is 4.26. The minimum absolute atomic E-state index is 0.0895. The molecule has 0 spiro atoms. The van der Waals surface area contributed by atoms with Gasteiger partial charge in [-0.25, -0.2) is 23.5 Å². The van der Waals surface area contributed by atoms with Gasteiger partial charge >= 0.3 is 5.69 Å². The van der Waals surface area contributed by atoms with Crippen molar-refractivity contribution in [3.8, 4) is 5.75 Å². The van der Waals surface area contributed by atoms with Gasteiger partial charge in [0.1, 0.15) is 0 Å². The van der Waals surface area contributed by atoms with Crippen molar-refractivity contribution in [3.05, 3.63) is 64.0 Å². The smallest absolute Gasteiger partial charge is 0.425 e. The molecule has 1 fully saturated rings. The number of ether oxygens (including phenoxy) is 2. The van der Waals surface area contributed by atoms with Gasteiger partial charge in [-0.3, -0.25) is 9.47 Å². The standard InChI is InChI=1S/C23H24F2N6O3/c1-13-8-29(9-14(2)34-13)10-16-4-17-21(26-7-16)30(23(32)31-22(17)27-12-28-31)11-15-5-18(24)20(33-3)19(25)6-15/h4-7,12-14H,8-11H2,1-3H3/p+1/t13-,14+. The maximum Gasteiger partial charge on any atom is 0.425 e. The Morgan fingerprint density at radius 3 is 2.50 bits per heavy atom. The average Bonchev–Trinajstić information content (AvgIpc) is 3.26. The van der Waals surface area contributed by atoms with Crippen LogP contribution in [-0.4, -0.2) is 56.5 Å². The first kappa shape index (κ1) is 22.4. The van der Waals surface area contributed by atoms with E-state index < -0.39 is 23.1 Å². The van der Waals surface area contributed by atoms with E-state index in [2.05, 4.69) is 33.8 Å². The van der Waals surface area contributed by atoms with Crippen molar-refractivity contribution < 1.29 is 23.2 Å². The van der Waals surface area contributed by atoms with Crippen molar-refractivity contribution in [2.45, 2.75) is 39.1 Å². The largest absolute Gasteiger partial charge is 0.491 e. The Labute approximate surface area is 193 Å². The predicted molar refractivity (Wildman–Crippen MR) is 119 cm³/mol. The van der Waals surface area contributed by atoms with Crippen molar-refractivity contribution in [1.29, 1.82) is 0 Å². The summed E-state index contributed by atoms with van der Waals surface area (Å²) in [7, 11) is 1.20. The molecule has 3 aromatic heterocycles. The molecule has 5 rings (SSSR count). The van der Waals surface area contributed by atoms with E-state index in [0.29, 0.717) is 23.2 Å². The van der Waals surface area contributed by atoms with E-state index in [-0.39, 0.29) is 24.3 Å². The van der Waals surface area contributed by atoms with Gasteiger partial charge in [-0.1, -0.05) is 0 Å². The van der Waals surface area contributed by atoms with Gasteiger partial charge in [-0.15, -0.1) is 0 Å². The molecule has 178 valence electrons. The monoisotopic (exact) mass is 471 g/mol. The van der Waals surface area contributed by atoms with Crippen LogP contribution in [0.4, 0.5) is 8.78 Å². The zero-order chi connectivity index (χ0) is 24.0. The van der Waals surface area contributed by atoms with E-state index in [1.165, 1.54) is 22.5 Å². The maximum absolute atomic E-state index is 14.3. The van der Waals surface area contributed by atoms with E-state index in [9.17, 15) is 13.6 Å². The number of benzene rings is 1. The highest BCUT2D eigenvalue weighted by molar-refractivity contribution is 5.87. The third-order valence-corrected chi connectivity index (χ3v) is 5.94. The van der Waals surface area contributed by atoms with Gasteiger partial charge in [0.2, 0.25) is 0 Å². The second kappa shape index (κ2) is 8.73. The van der Waals surface area contributed by atoms with E-state index in [4.69, 9.17) is 9.47 Å². The van der Waals surface area contributed by atoms with E-state index in [1.807, 2.05) is 6.07 Å². The zero-order valence-corrected chi connectivity index (χ0v) is 19.1.